The number of pyridine rings is 1. The molecule has 9 heteroatoms. The predicted octanol–water partition coefficient (Wildman–Crippen LogP) is 3.14. The first-order chi connectivity index (χ1) is 17.3. The Bertz CT molecular complexity index is 1100. The smallest absolute Gasteiger partial charge is 0.147 e. The molecule has 5 heterocycles. The first kappa shape index (κ1) is 22.4. The van der Waals surface area contributed by atoms with Crippen LogP contribution in [0.25, 0.3) is 11.4 Å². The number of hydrogen-bond acceptors (Lipinski definition) is 8. The fourth-order valence-corrected chi connectivity index (χ4v) is 5.34. The fourth-order valence-electron chi connectivity index (χ4n) is 5.34. The molecule has 9 nitrogen and oxygen atoms in total. The highest BCUT2D eigenvalue weighted by Gasteiger charge is 2.23. The predicted molar refractivity (Wildman–Crippen MR) is 136 cm³/mol. The number of nitrogens with zero attached hydrogens (tertiary/aromatic N) is 8. The van der Waals surface area contributed by atoms with E-state index in [4.69, 9.17) is 9.97 Å². The Hall–Kier alpha value is -3.07. The minimum absolute atomic E-state index is 0.581. The number of aromatic nitrogens is 6. The second-order valence-corrected chi connectivity index (χ2v) is 10.3. The molecule has 3 aliphatic rings. The molecule has 0 aromatic carbocycles. The summed E-state index contributed by atoms with van der Waals surface area (Å²) in [5.74, 6) is 1.83. The summed E-state index contributed by atoms with van der Waals surface area (Å²) in [6.45, 7) is 6.02. The molecule has 6 rings (SSSR count). The Balaban J connectivity index is 1.06. The van der Waals surface area contributed by atoms with Gasteiger partial charge in [0.2, 0.25) is 0 Å². The third-order valence-electron chi connectivity index (χ3n) is 7.69. The summed E-state index contributed by atoms with van der Waals surface area (Å²) in [6.07, 6.45) is 16.7. The number of rotatable bonds is 8. The van der Waals surface area contributed by atoms with Crippen LogP contribution in [0.3, 0.4) is 0 Å². The molecule has 3 fully saturated rings. The molecule has 1 N–H and O–H groups in total. The maximum atomic E-state index is 4.77. The van der Waals surface area contributed by atoms with E-state index in [2.05, 4.69) is 42.5 Å². The van der Waals surface area contributed by atoms with E-state index in [0.29, 0.717) is 12.6 Å². The van der Waals surface area contributed by atoms with Crippen LogP contribution in [0, 0.1) is 5.92 Å². The quantitative estimate of drug-likeness (QED) is 0.534. The first-order valence-electron chi connectivity index (χ1n) is 13.2. The van der Waals surface area contributed by atoms with Crippen LogP contribution in [-0.4, -0.2) is 68.7 Å². The van der Waals surface area contributed by atoms with Crippen LogP contribution >= 0.6 is 0 Å². The topological polar surface area (TPSA) is 87.9 Å². The first-order valence-corrected chi connectivity index (χ1v) is 13.2. The Morgan fingerprint density at radius 3 is 2.57 bits per heavy atom. The van der Waals surface area contributed by atoms with Crippen LogP contribution in [0.1, 0.15) is 50.6 Å². The van der Waals surface area contributed by atoms with Crippen molar-refractivity contribution in [2.75, 3.05) is 42.5 Å². The maximum absolute atomic E-state index is 4.77. The molecule has 2 saturated heterocycles. The zero-order valence-corrected chi connectivity index (χ0v) is 20.4. The van der Waals surface area contributed by atoms with Gasteiger partial charge in [-0.1, -0.05) is 11.6 Å². The lowest BCUT2D eigenvalue weighted by atomic mass is 9.85. The van der Waals surface area contributed by atoms with Gasteiger partial charge in [-0.05, 0) is 63.1 Å². The van der Waals surface area contributed by atoms with Crippen molar-refractivity contribution in [3.8, 4) is 11.4 Å². The number of nitrogens with one attached hydrogen (secondary N) is 1. The Labute approximate surface area is 207 Å². The van der Waals surface area contributed by atoms with Gasteiger partial charge in [-0.25, -0.2) is 9.67 Å². The molecule has 0 radical (unpaired) electrons. The highest BCUT2D eigenvalue weighted by molar-refractivity contribution is 5.54. The second kappa shape index (κ2) is 10.3. The molecule has 3 aromatic rings. The largest absolute Gasteiger partial charge is 0.369 e. The molecule has 0 bridgehead atoms. The fraction of sp³-hybridized carbons (Fsp3) is 0.577. The summed E-state index contributed by atoms with van der Waals surface area (Å²) in [6, 6.07) is 4.89. The van der Waals surface area contributed by atoms with Crippen LogP contribution in [0.4, 0.5) is 11.5 Å². The van der Waals surface area contributed by atoms with Gasteiger partial charge in [0.05, 0.1) is 42.7 Å². The van der Waals surface area contributed by atoms with E-state index in [1.54, 1.807) is 6.20 Å². The van der Waals surface area contributed by atoms with Crippen molar-refractivity contribution >= 4 is 11.5 Å². The number of hydrogen-bond donors (Lipinski definition) is 1. The Morgan fingerprint density at radius 2 is 1.77 bits per heavy atom. The normalized spacial score (nSPS) is 20.9. The van der Waals surface area contributed by atoms with Gasteiger partial charge in [0.15, 0.2) is 0 Å². The van der Waals surface area contributed by atoms with E-state index >= 15 is 0 Å². The summed E-state index contributed by atoms with van der Waals surface area (Å²) in [5, 5.41) is 12.5. The third kappa shape index (κ3) is 5.29. The summed E-state index contributed by atoms with van der Waals surface area (Å²) in [7, 11) is 0. The van der Waals surface area contributed by atoms with E-state index in [1.165, 1.54) is 57.2 Å². The van der Waals surface area contributed by atoms with Gasteiger partial charge in [-0.2, -0.15) is 0 Å². The standard InChI is InChI=1S/C26H35N9/c1-2-11-33(10-1)26-16-27-15-24(30-26)25-19-35(32-31-25)18-22-8-9-23(14-29-22)34-12-4-7-21(17-34)28-13-20-5-3-6-20/h8-9,14-16,19-21,28H,1-7,10-13,17-18H2/t21-/m1/s1. The summed E-state index contributed by atoms with van der Waals surface area (Å²) in [5.41, 5.74) is 3.68. The number of piperidine rings is 1. The third-order valence-corrected chi connectivity index (χ3v) is 7.69. The lowest BCUT2D eigenvalue weighted by Gasteiger charge is -2.36. The molecule has 2 aliphatic heterocycles. The van der Waals surface area contributed by atoms with Crippen molar-refractivity contribution < 1.29 is 0 Å². The van der Waals surface area contributed by atoms with Gasteiger partial charge in [0.1, 0.15) is 17.2 Å². The van der Waals surface area contributed by atoms with Gasteiger partial charge in [0, 0.05) is 32.2 Å². The van der Waals surface area contributed by atoms with Crippen LogP contribution in [0.5, 0.6) is 0 Å². The highest BCUT2D eigenvalue weighted by Crippen LogP contribution is 2.26. The molecule has 35 heavy (non-hydrogen) atoms. The maximum Gasteiger partial charge on any atom is 0.147 e. The molecular weight excluding hydrogens is 438 g/mol. The zero-order chi connectivity index (χ0) is 23.5. The molecule has 1 saturated carbocycles. The molecule has 1 atom stereocenters. The molecule has 0 spiro atoms. The zero-order valence-electron chi connectivity index (χ0n) is 20.4. The highest BCUT2D eigenvalue weighted by atomic mass is 15.4. The molecule has 0 unspecified atom stereocenters. The molecule has 1 aliphatic carbocycles. The van der Waals surface area contributed by atoms with Gasteiger partial charge in [-0.3, -0.25) is 9.97 Å². The van der Waals surface area contributed by atoms with Crippen LogP contribution < -0.4 is 15.1 Å². The van der Waals surface area contributed by atoms with E-state index in [9.17, 15) is 0 Å². The average Bonchev–Trinajstić information content (AvgIpc) is 3.57. The van der Waals surface area contributed by atoms with Crippen molar-refractivity contribution in [2.24, 2.45) is 5.92 Å². The van der Waals surface area contributed by atoms with Crippen molar-refractivity contribution in [3.05, 3.63) is 42.6 Å². The van der Waals surface area contributed by atoms with Gasteiger partial charge in [-0.15, -0.1) is 5.10 Å². The van der Waals surface area contributed by atoms with Crippen molar-refractivity contribution in [2.45, 2.75) is 57.5 Å². The lowest BCUT2D eigenvalue weighted by Crippen LogP contribution is -2.47. The molecule has 0 amide bonds. The van der Waals surface area contributed by atoms with E-state index in [0.717, 1.165) is 55.0 Å². The van der Waals surface area contributed by atoms with Crippen molar-refractivity contribution in [3.63, 3.8) is 0 Å². The minimum atomic E-state index is 0.581. The Morgan fingerprint density at radius 1 is 0.886 bits per heavy atom. The van der Waals surface area contributed by atoms with Gasteiger partial charge >= 0.3 is 0 Å². The second-order valence-electron chi connectivity index (χ2n) is 10.3. The van der Waals surface area contributed by atoms with Gasteiger partial charge in [0.25, 0.3) is 0 Å². The summed E-state index contributed by atoms with van der Waals surface area (Å²) >= 11 is 0. The van der Waals surface area contributed by atoms with Crippen LogP contribution in [0.15, 0.2) is 36.9 Å². The summed E-state index contributed by atoms with van der Waals surface area (Å²) in [4.78, 5) is 18.6. The molecule has 3 aromatic heterocycles. The SMILES string of the molecule is c1cc(Cn2cc(-c3cncc(N4CCCC4)n3)nn2)ncc1N1CCC[C@@H](NCC2CCC2)C1. The average molecular weight is 474 g/mol. The lowest BCUT2D eigenvalue weighted by molar-refractivity contribution is 0.280. The monoisotopic (exact) mass is 473 g/mol. The molecule has 184 valence electrons. The van der Waals surface area contributed by atoms with E-state index in [-0.39, 0.29) is 0 Å². The molecular formula is C26H35N9. The summed E-state index contributed by atoms with van der Waals surface area (Å²) < 4.78 is 1.82. The van der Waals surface area contributed by atoms with Crippen molar-refractivity contribution in [1.29, 1.82) is 0 Å². The van der Waals surface area contributed by atoms with E-state index < -0.39 is 0 Å². The minimum Gasteiger partial charge on any atom is -0.369 e. The number of anilines is 2. The van der Waals surface area contributed by atoms with Gasteiger partial charge < -0.3 is 15.1 Å². The Kier molecular flexibility index (Phi) is 6.57. The van der Waals surface area contributed by atoms with Crippen molar-refractivity contribution in [1.82, 2.24) is 35.3 Å². The van der Waals surface area contributed by atoms with E-state index in [1.807, 2.05) is 23.3 Å². The van der Waals surface area contributed by atoms with Crippen LogP contribution in [0.2, 0.25) is 0 Å². The van der Waals surface area contributed by atoms with Crippen LogP contribution in [-0.2, 0) is 6.54 Å².